The molecule has 0 spiro atoms. The number of hydrogen-bond donors (Lipinski definition) is 2. The number of para-hydroxylation sites is 1. The molecule has 2 aliphatic rings. The van der Waals surface area contributed by atoms with Crippen LogP contribution < -0.4 is 10.9 Å². The summed E-state index contributed by atoms with van der Waals surface area (Å²) in [7, 11) is 0. The minimum absolute atomic E-state index is 0.157. The second-order valence-electron chi connectivity index (χ2n) is 5.06. The Kier molecular flexibility index (Phi) is 3.62. The van der Waals surface area contributed by atoms with Crippen LogP contribution in [-0.2, 0) is 0 Å². The third-order valence-corrected chi connectivity index (χ3v) is 4.98. The molecule has 6 heteroatoms. The Labute approximate surface area is 137 Å². The van der Waals surface area contributed by atoms with Crippen molar-refractivity contribution in [2.75, 3.05) is 0 Å². The van der Waals surface area contributed by atoms with E-state index in [1.165, 1.54) is 5.56 Å². The van der Waals surface area contributed by atoms with Crippen molar-refractivity contribution in [3.05, 3.63) is 65.2 Å². The van der Waals surface area contributed by atoms with Crippen molar-refractivity contribution in [2.24, 2.45) is 9.98 Å². The molecular weight excluding hydrogens is 316 g/mol. The summed E-state index contributed by atoms with van der Waals surface area (Å²) < 4.78 is 0. The third-order valence-electron chi connectivity index (χ3n) is 3.59. The van der Waals surface area contributed by atoms with E-state index in [2.05, 4.69) is 20.8 Å². The Balaban J connectivity index is 1.57. The van der Waals surface area contributed by atoms with Gasteiger partial charge in [0, 0.05) is 5.02 Å². The summed E-state index contributed by atoms with van der Waals surface area (Å²) in [6.45, 7) is 0. The Morgan fingerprint density at radius 1 is 1.05 bits per heavy atom. The summed E-state index contributed by atoms with van der Waals surface area (Å²) in [6.07, 6.45) is 0. The first-order chi connectivity index (χ1) is 10.8. The van der Waals surface area contributed by atoms with E-state index in [1.54, 1.807) is 11.8 Å². The number of fused-ring (bicyclic) bond motifs is 1. The van der Waals surface area contributed by atoms with Crippen LogP contribution in [0.15, 0.2) is 64.6 Å². The minimum atomic E-state index is 0.157. The SMILES string of the molecule is Clc1ccc([C@@H]2NNC3=NC(=Nc4ccccc4)S[C@H]32)cc1. The first kappa shape index (κ1) is 13.8. The highest BCUT2D eigenvalue weighted by Gasteiger charge is 2.39. The third kappa shape index (κ3) is 2.63. The van der Waals surface area contributed by atoms with Gasteiger partial charge in [-0.2, -0.15) is 0 Å². The second kappa shape index (κ2) is 5.76. The fourth-order valence-electron chi connectivity index (χ4n) is 2.51. The molecule has 4 rings (SSSR count). The number of halogens is 1. The number of amidine groups is 2. The van der Waals surface area contributed by atoms with Gasteiger partial charge in [0.05, 0.1) is 17.0 Å². The topological polar surface area (TPSA) is 48.8 Å². The summed E-state index contributed by atoms with van der Waals surface area (Å²) in [5.74, 6) is 0.930. The Morgan fingerprint density at radius 2 is 1.82 bits per heavy atom. The van der Waals surface area contributed by atoms with E-state index in [-0.39, 0.29) is 11.3 Å². The number of nitrogens with one attached hydrogen (secondary N) is 2. The van der Waals surface area contributed by atoms with Gasteiger partial charge in [-0.1, -0.05) is 53.7 Å². The van der Waals surface area contributed by atoms with E-state index < -0.39 is 0 Å². The van der Waals surface area contributed by atoms with E-state index in [1.807, 2.05) is 54.6 Å². The van der Waals surface area contributed by atoms with Crippen molar-refractivity contribution >= 4 is 40.1 Å². The predicted molar refractivity (Wildman–Crippen MR) is 92.8 cm³/mol. The molecule has 0 amide bonds. The first-order valence-corrected chi connectivity index (χ1v) is 8.21. The lowest BCUT2D eigenvalue weighted by molar-refractivity contribution is 0.593. The van der Waals surface area contributed by atoms with Crippen LogP contribution in [0.25, 0.3) is 0 Å². The lowest BCUT2D eigenvalue weighted by atomic mass is 10.1. The van der Waals surface area contributed by atoms with Crippen molar-refractivity contribution in [1.29, 1.82) is 0 Å². The molecule has 0 saturated carbocycles. The van der Waals surface area contributed by atoms with Gasteiger partial charge < -0.3 is 5.43 Å². The largest absolute Gasteiger partial charge is 0.308 e. The van der Waals surface area contributed by atoms with Crippen LogP contribution in [0.1, 0.15) is 11.6 Å². The van der Waals surface area contributed by atoms with Crippen molar-refractivity contribution in [1.82, 2.24) is 10.9 Å². The van der Waals surface area contributed by atoms with Gasteiger partial charge in [-0.15, -0.1) is 0 Å². The van der Waals surface area contributed by atoms with Crippen LogP contribution in [0.2, 0.25) is 5.02 Å². The molecule has 1 saturated heterocycles. The van der Waals surface area contributed by atoms with Crippen LogP contribution in [0.4, 0.5) is 5.69 Å². The van der Waals surface area contributed by atoms with Gasteiger partial charge in [0.1, 0.15) is 5.84 Å². The zero-order valence-electron chi connectivity index (χ0n) is 11.5. The minimum Gasteiger partial charge on any atom is -0.308 e. The Morgan fingerprint density at radius 3 is 2.59 bits per heavy atom. The predicted octanol–water partition coefficient (Wildman–Crippen LogP) is 3.69. The van der Waals surface area contributed by atoms with Gasteiger partial charge in [-0.25, -0.2) is 15.4 Å². The summed E-state index contributed by atoms with van der Waals surface area (Å²) in [6, 6.07) is 17.9. The fraction of sp³-hybridized carbons (Fsp3) is 0.125. The van der Waals surface area contributed by atoms with Gasteiger partial charge in [-0.3, -0.25) is 0 Å². The fourth-order valence-corrected chi connectivity index (χ4v) is 3.75. The molecule has 110 valence electrons. The van der Waals surface area contributed by atoms with Gasteiger partial charge in [0.15, 0.2) is 5.17 Å². The normalized spacial score (nSPS) is 25.0. The van der Waals surface area contributed by atoms with Crippen molar-refractivity contribution in [3.8, 4) is 0 Å². The highest BCUT2D eigenvalue weighted by atomic mass is 35.5. The maximum Gasteiger partial charge on any atom is 0.190 e. The number of aliphatic imine (C=N–C) groups is 2. The average Bonchev–Trinajstić information content (AvgIpc) is 3.09. The molecule has 2 atom stereocenters. The standard InChI is InChI=1S/C16H13ClN4S/c17-11-8-6-10(7-9-11)13-14-15(21-20-13)19-16(22-14)18-12-4-2-1-3-5-12/h1-9,13-14,20H,(H,18,19,21)/t13-,14-/m0/s1. The number of hydrazine groups is 1. The molecule has 0 bridgehead atoms. The molecular formula is C16H13ClN4S. The van der Waals surface area contributed by atoms with Gasteiger partial charge in [-0.05, 0) is 29.8 Å². The molecule has 1 fully saturated rings. The van der Waals surface area contributed by atoms with Crippen LogP contribution in [0.3, 0.4) is 0 Å². The number of rotatable bonds is 2. The zero-order chi connectivity index (χ0) is 14.9. The zero-order valence-corrected chi connectivity index (χ0v) is 13.1. The molecule has 2 aromatic rings. The first-order valence-electron chi connectivity index (χ1n) is 6.95. The van der Waals surface area contributed by atoms with Gasteiger partial charge >= 0.3 is 0 Å². The summed E-state index contributed by atoms with van der Waals surface area (Å²) >= 11 is 7.63. The molecule has 22 heavy (non-hydrogen) atoms. The lowest BCUT2D eigenvalue weighted by Gasteiger charge is -2.14. The Bertz CT molecular complexity index is 743. The van der Waals surface area contributed by atoms with E-state index in [0.29, 0.717) is 0 Å². The monoisotopic (exact) mass is 328 g/mol. The molecule has 2 aliphatic heterocycles. The van der Waals surface area contributed by atoms with Gasteiger partial charge in [0.25, 0.3) is 0 Å². The van der Waals surface area contributed by atoms with E-state index >= 15 is 0 Å². The Hall–Kier alpha value is -1.82. The lowest BCUT2D eigenvalue weighted by Crippen LogP contribution is -2.27. The summed E-state index contributed by atoms with van der Waals surface area (Å²) in [4.78, 5) is 9.15. The maximum absolute atomic E-state index is 5.96. The van der Waals surface area contributed by atoms with Crippen LogP contribution >= 0.6 is 23.4 Å². The molecule has 2 N–H and O–H groups in total. The number of benzene rings is 2. The average molecular weight is 329 g/mol. The molecule has 0 radical (unpaired) electrons. The molecule has 0 aliphatic carbocycles. The summed E-state index contributed by atoms with van der Waals surface area (Å²) in [5, 5.41) is 1.75. The van der Waals surface area contributed by atoms with Crippen LogP contribution in [0, 0.1) is 0 Å². The number of thioether (sulfide) groups is 1. The maximum atomic E-state index is 5.96. The number of nitrogens with zero attached hydrogens (tertiary/aromatic N) is 2. The molecule has 0 unspecified atom stereocenters. The van der Waals surface area contributed by atoms with Crippen molar-refractivity contribution in [2.45, 2.75) is 11.3 Å². The van der Waals surface area contributed by atoms with E-state index in [4.69, 9.17) is 11.6 Å². The van der Waals surface area contributed by atoms with Crippen molar-refractivity contribution in [3.63, 3.8) is 0 Å². The second-order valence-corrected chi connectivity index (χ2v) is 6.61. The highest BCUT2D eigenvalue weighted by Crippen LogP contribution is 2.36. The molecule has 2 aromatic carbocycles. The van der Waals surface area contributed by atoms with Crippen LogP contribution in [-0.4, -0.2) is 16.3 Å². The number of hydrogen-bond acceptors (Lipinski definition) is 4. The van der Waals surface area contributed by atoms with Crippen LogP contribution in [0.5, 0.6) is 0 Å². The van der Waals surface area contributed by atoms with E-state index in [9.17, 15) is 0 Å². The van der Waals surface area contributed by atoms with Crippen molar-refractivity contribution < 1.29 is 0 Å². The smallest absolute Gasteiger partial charge is 0.190 e. The quantitative estimate of drug-likeness (QED) is 0.884. The molecule has 0 aromatic heterocycles. The summed E-state index contributed by atoms with van der Waals surface area (Å²) in [5.41, 5.74) is 8.54. The molecule has 2 heterocycles. The van der Waals surface area contributed by atoms with E-state index in [0.717, 1.165) is 21.7 Å². The van der Waals surface area contributed by atoms with Gasteiger partial charge in [0.2, 0.25) is 0 Å². The molecule has 4 nitrogen and oxygen atoms in total. The highest BCUT2D eigenvalue weighted by molar-refractivity contribution is 8.15.